The number of aromatic carboxylic acids is 1. The van der Waals surface area contributed by atoms with Gasteiger partial charge in [0.05, 0.1) is 6.61 Å². The Morgan fingerprint density at radius 2 is 1.86 bits per heavy atom. The fraction of sp³-hybridized carbons (Fsp3) is 0.706. The van der Waals surface area contributed by atoms with Crippen LogP contribution in [-0.4, -0.2) is 17.7 Å². The zero-order valence-corrected chi connectivity index (χ0v) is 13.0. The van der Waals surface area contributed by atoms with Crippen molar-refractivity contribution in [1.82, 2.24) is 0 Å². The largest absolute Gasteiger partial charge is 0.493 e. The van der Waals surface area contributed by atoms with Crippen LogP contribution in [-0.2, 0) is 0 Å². The highest BCUT2D eigenvalue weighted by Gasteiger charge is 2.50. The summed E-state index contributed by atoms with van der Waals surface area (Å²) in [4.78, 5) is 11.2. The number of carboxylic acids is 1. The predicted octanol–water partition coefficient (Wildman–Crippen LogP) is 4.43. The van der Waals surface area contributed by atoms with Crippen molar-refractivity contribution >= 4 is 17.3 Å². The van der Waals surface area contributed by atoms with Crippen molar-refractivity contribution in [3.8, 4) is 5.75 Å². The quantitative estimate of drug-likeness (QED) is 0.875. The van der Waals surface area contributed by atoms with Gasteiger partial charge in [0.2, 0.25) is 0 Å². The van der Waals surface area contributed by atoms with Crippen LogP contribution in [0.4, 0.5) is 0 Å². The minimum absolute atomic E-state index is 0.361. The lowest BCUT2D eigenvalue weighted by atomic mass is 9.49. The average molecular weight is 306 g/mol. The first-order chi connectivity index (χ1) is 10.1. The number of hydrogen-bond acceptors (Lipinski definition) is 3. The van der Waals surface area contributed by atoms with Crippen LogP contribution < -0.4 is 4.74 Å². The molecular formula is C17H22O3S. The summed E-state index contributed by atoms with van der Waals surface area (Å²) in [6.07, 6.45) is 9.81. The van der Waals surface area contributed by atoms with Gasteiger partial charge in [-0.25, -0.2) is 4.79 Å². The van der Waals surface area contributed by atoms with Gasteiger partial charge in [-0.1, -0.05) is 0 Å². The van der Waals surface area contributed by atoms with Crippen LogP contribution in [0.1, 0.15) is 54.6 Å². The van der Waals surface area contributed by atoms with Crippen molar-refractivity contribution in [2.75, 3.05) is 6.61 Å². The van der Waals surface area contributed by atoms with E-state index in [1.165, 1.54) is 49.9 Å². The molecule has 5 rings (SSSR count). The van der Waals surface area contributed by atoms with Crippen molar-refractivity contribution in [2.24, 2.45) is 23.2 Å². The van der Waals surface area contributed by atoms with Gasteiger partial charge in [-0.2, -0.15) is 0 Å². The first-order valence-electron chi connectivity index (χ1n) is 8.06. The van der Waals surface area contributed by atoms with Gasteiger partial charge in [-0.3, -0.25) is 0 Å². The van der Waals surface area contributed by atoms with Gasteiger partial charge in [-0.05, 0) is 68.1 Å². The SMILES string of the molecule is O=C(O)c1cc(OCCC23CC4CC(CC(C4)C2)C3)cs1. The first kappa shape index (κ1) is 13.6. The summed E-state index contributed by atoms with van der Waals surface area (Å²) in [6, 6.07) is 1.65. The van der Waals surface area contributed by atoms with Gasteiger partial charge >= 0.3 is 5.97 Å². The molecule has 0 saturated heterocycles. The normalized spacial score (nSPS) is 36.9. The molecule has 1 aromatic rings. The smallest absolute Gasteiger partial charge is 0.346 e. The van der Waals surface area contributed by atoms with E-state index in [1.54, 1.807) is 6.07 Å². The Balaban J connectivity index is 1.35. The molecule has 1 aromatic heterocycles. The molecule has 0 aromatic carbocycles. The third-order valence-corrected chi connectivity index (χ3v) is 6.75. The molecule has 4 bridgehead atoms. The minimum Gasteiger partial charge on any atom is -0.493 e. The Bertz CT molecular complexity index is 513. The van der Waals surface area contributed by atoms with Crippen molar-refractivity contribution in [2.45, 2.75) is 44.9 Å². The zero-order chi connectivity index (χ0) is 14.4. The third-order valence-electron chi connectivity index (χ3n) is 5.85. The Hall–Kier alpha value is -1.03. The van der Waals surface area contributed by atoms with Gasteiger partial charge in [-0.15, -0.1) is 11.3 Å². The van der Waals surface area contributed by atoms with E-state index in [1.807, 2.05) is 5.38 Å². The topological polar surface area (TPSA) is 46.5 Å². The van der Waals surface area contributed by atoms with Gasteiger partial charge < -0.3 is 9.84 Å². The molecule has 0 atom stereocenters. The van der Waals surface area contributed by atoms with E-state index in [2.05, 4.69) is 0 Å². The Morgan fingerprint density at radius 1 is 1.24 bits per heavy atom. The second kappa shape index (κ2) is 5.01. The summed E-state index contributed by atoms with van der Waals surface area (Å²) in [5.74, 6) is 2.81. The number of ether oxygens (including phenoxy) is 1. The maximum atomic E-state index is 10.9. The molecule has 1 heterocycles. The molecule has 4 saturated carbocycles. The number of thiophene rings is 1. The summed E-state index contributed by atoms with van der Waals surface area (Å²) >= 11 is 1.24. The molecule has 0 amide bonds. The molecule has 0 aliphatic heterocycles. The highest BCUT2D eigenvalue weighted by molar-refractivity contribution is 7.12. The fourth-order valence-corrected chi connectivity index (χ4v) is 6.15. The molecule has 21 heavy (non-hydrogen) atoms. The van der Waals surface area contributed by atoms with Crippen LogP contribution in [0.15, 0.2) is 11.4 Å². The van der Waals surface area contributed by atoms with E-state index in [-0.39, 0.29) is 0 Å². The first-order valence-corrected chi connectivity index (χ1v) is 8.94. The van der Waals surface area contributed by atoms with Gasteiger partial charge in [0, 0.05) is 11.4 Å². The molecule has 0 radical (unpaired) electrons. The Labute approximate surface area is 129 Å². The zero-order valence-electron chi connectivity index (χ0n) is 12.2. The number of rotatable bonds is 5. The molecule has 4 heteroatoms. The van der Waals surface area contributed by atoms with Crippen LogP contribution in [0.5, 0.6) is 5.75 Å². The molecule has 4 fully saturated rings. The highest BCUT2D eigenvalue weighted by Crippen LogP contribution is 2.61. The van der Waals surface area contributed by atoms with Crippen LogP contribution in [0, 0.1) is 23.2 Å². The van der Waals surface area contributed by atoms with Crippen molar-refractivity contribution in [1.29, 1.82) is 0 Å². The van der Waals surface area contributed by atoms with Crippen LogP contribution in [0.3, 0.4) is 0 Å². The maximum Gasteiger partial charge on any atom is 0.346 e. The second-order valence-electron chi connectivity index (χ2n) is 7.47. The fourth-order valence-electron chi connectivity index (χ4n) is 5.49. The van der Waals surface area contributed by atoms with Crippen LogP contribution in [0.2, 0.25) is 0 Å². The molecule has 1 N–H and O–H groups in total. The van der Waals surface area contributed by atoms with Gasteiger partial charge in [0.25, 0.3) is 0 Å². The predicted molar refractivity (Wildman–Crippen MR) is 82.0 cm³/mol. The third kappa shape index (κ3) is 2.59. The summed E-state index contributed by atoms with van der Waals surface area (Å²) < 4.78 is 5.82. The molecule has 0 spiro atoms. The lowest BCUT2D eigenvalue weighted by Gasteiger charge is -2.57. The van der Waals surface area contributed by atoms with Crippen molar-refractivity contribution in [3.63, 3.8) is 0 Å². The van der Waals surface area contributed by atoms with Crippen molar-refractivity contribution < 1.29 is 14.6 Å². The van der Waals surface area contributed by atoms with E-state index in [0.717, 1.165) is 36.5 Å². The molecule has 3 nitrogen and oxygen atoms in total. The number of carbonyl (C=O) groups is 1. The molecular weight excluding hydrogens is 284 g/mol. The molecule has 4 aliphatic rings. The standard InChI is InChI=1S/C17H22O3S/c18-16(19)15-6-14(10-21-15)20-2-1-17-7-11-3-12(8-17)5-13(4-11)9-17/h6,10-13H,1-5,7-9H2,(H,18,19). The Morgan fingerprint density at radius 3 is 2.38 bits per heavy atom. The van der Waals surface area contributed by atoms with Gasteiger partial charge in [0.15, 0.2) is 0 Å². The van der Waals surface area contributed by atoms with E-state index in [0.29, 0.717) is 10.3 Å². The minimum atomic E-state index is -0.865. The lowest BCUT2D eigenvalue weighted by Crippen LogP contribution is -2.46. The average Bonchev–Trinajstić information content (AvgIpc) is 2.85. The number of carboxylic acid groups (broad SMARTS) is 1. The molecule has 4 aliphatic carbocycles. The summed E-state index contributed by atoms with van der Waals surface area (Å²) in [5, 5.41) is 10.7. The lowest BCUT2D eigenvalue weighted by molar-refractivity contribution is -0.0622. The van der Waals surface area contributed by atoms with Crippen molar-refractivity contribution in [3.05, 3.63) is 16.3 Å². The second-order valence-corrected chi connectivity index (χ2v) is 8.38. The molecule has 0 unspecified atom stereocenters. The summed E-state index contributed by atoms with van der Waals surface area (Å²) in [7, 11) is 0. The van der Waals surface area contributed by atoms with Crippen LogP contribution >= 0.6 is 11.3 Å². The maximum absolute atomic E-state index is 10.9. The van der Waals surface area contributed by atoms with E-state index in [4.69, 9.17) is 9.84 Å². The monoisotopic (exact) mass is 306 g/mol. The number of hydrogen-bond donors (Lipinski definition) is 1. The highest BCUT2D eigenvalue weighted by atomic mass is 32.1. The van der Waals surface area contributed by atoms with E-state index < -0.39 is 5.97 Å². The van der Waals surface area contributed by atoms with E-state index >= 15 is 0 Å². The van der Waals surface area contributed by atoms with E-state index in [9.17, 15) is 4.79 Å². The van der Waals surface area contributed by atoms with Gasteiger partial charge in [0.1, 0.15) is 10.6 Å². The summed E-state index contributed by atoms with van der Waals surface area (Å²) in [5.41, 5.74) is 0.542. The van der Waals surface area contributed by atoms with Crippen LogP contribution in [0.25, 0.3) is 0 Å². The summed E-state index contributed by atoms with van der Waals surface area (Å²) in [6.45, 7) is 0.738. The molecule has 114 valence electrons. The Kier molecular flexibility index (Phi) is 3.25.